The molecule has 4 heteroatoms. The summed E-state index contributed by atoms with van der Waals surface area (Å²) in [7, 11) is 1.57. The number of nitrogens with zero attached hydrogens (tertiary/aromatic N) is 2. The lowest BCUT2D eigenvalue weighted by Crippen LogP contribution is -1.98. The minimum Gasteiger partial charge on any atom is -0.468 e. The Bertz CT molecular complexity index is 222. The minimum atomic E-state index is 0.563. The van der Waals surface area contributed by atoms with Crippen LogP contribution in [0.1, 0.15) is 6.92 Å². The van der Waals surface area contributed by atoms with Gasteiger partial charge in [-0.2, -0.15) is 0 Å². The monoisotopic (exact) mass is 160 g/mol. The molecule has 0 atom stereocenters. The number of hydrogen-bond acceptors (Lipinski definition) is 2. The molecule has 0 unspecified atom stereocenters. The van der Waals surface area contributed by atoms with Crippen LogP contribution in [-0.2, 0) is 6.54 Å². The van der Waals surface area contributed by atoms with Gasteiger partial charge in [0.15, 0.2) is 0 Å². The smallest absolute Gasteiger partial charge is 0.297 e. The van der Waals surface area contributed by atoms with Gasteiger partial charge in [0, 0.05) is 6.54 Å². The largest absolute Gasteiger partial charge is 0.468 e. The van der Waals surface area contributed by atoms with Gasteiger partial charge in [0.1, 0.15) is 5.15 Å². The van der Waals surface area contributed by atoms with Crippen molar-refractivity contribution in [1.82, 2.24) is 9.55 Å². The second kappa shape index (κ2) is 2.92. The van der Waals surface area contributed by atoms with Gasteiger partial charge in [-0.3, -0.25) is 4.57 Å². The van der Waals surface area contributed by atoms with Crippen LogP contribution in [0.4, 0.5) is 0 Å². The van der Waals surface area contributed by atoms with E-state index in [4.69, 9.17) is 16.3 Å². The van der Waals surface area contributed by atoms with Crippen molar-refractivity contribution in [2.45, 2.75) is 13.5 Å². The van der Waals surface area contributed by atoms with Crippen LogP contribution in [0.15, 0.2) is 6.20 Å². The van der Waals surface area contributed by atoms with Gasteiger partial charge in [-0.25, -0.2) is 4.98 Å². The second-order valence-corrected chi connectivity index (χ2v) is 2.20. The zero-order valence-corrected chi connectivity index (χ0v) is 6.72. The third-order valence-corrected chi connectivity index (χ3v) is 1.57. The van der Waals surface area contributed by atoms with Crippen molar-refractivity contribution in [1.29, 1.82) is 0 Å². The van der Waals surface area contributed by atoms with E-state index >= 15 is 0 Å². The summed E-state index contributed by atoms with van der Waals surface area (Å²) < 4.78 is 6.70. The van der Waals surface area contributed by atoms with Crippen molar-refractivity contribution < 1.29 is 4.74 Å². The molecule has 0 aliphatic rings. The first-order chi connectivity index (χ1) is 4.79. The average molecular weight is 161 g/mol. The van der Waals surface area contributed by atoms with Crippen molar-refractivity contribution in [3.8, 4) is 6.01 Å². The van der Waals surface area contributed by atoms with Gasteiger partial charge in [0.2, 0.25) is 0 Å². The van der Waals surface area contributed by atoms with E-state index in [-0.39, 0.29) is 0 Å². The minimum absolute atomic E-state index is 0.563. The third-order valence-electron chi connectivity index (χ3n) is 1.27. The number of ether oxygens (including phenoxy) is 1. The quantitative estimate of drug-likeness (QED) is 0.657. The van der Waals surface area contributed by atoms with Crippen LogP contribution in [0.25, 0.3) is 0 Å². The molecule has 0 radical (unpaired) electrons. The van der Waals surface area contributed by atoms with E-state index in [0.29, 0.717) is 11.2 Å². The molecule has 0 N–H and O–H groups in total. The zero-order chi connectivity index (χ0) is 7.56. The molecule has 0 aromatic carbocycles. The van der Waals surface area contributed by atoms with Crippen LogP contribution >= 0.6 is 11.6 Å². The molecule has 10 heavy (non-hydrogen) atoms. The molecule has 3 nitrogen and oxygen atoms in total. The molecule has 0 bridgehead atoms. The Morgan fingerprint density at radius 1 is 1.80 bits per heavy atom. The first-order valence-corrected chi connectivity index (χ1v) is 3.42. The maximum absolute atomic E-state index is 5.74. The van der Waals surface area contributed by atoms with Crippen LogP contribution in [0.3, 0.4) is 0 Å². The fourth-order valence-corrected chi connectivity index (χ4v) is 1.03. The normalized spacial score (nSPS) is 9.90. The lowest BCUT2D eigenvalue weighted by atomic mass is 10.7. The molecule has 0 saturated carbocycles. The molecule has 0 aliphatic carbocycles. The topological polar surface area (TPSA) is 27.1 Å². The molecule has 0 fully saturated rings. The highest BCUT2D eigenvalue weighted by atomic mass is 35.5. The summed E-state index contributed by atoms with van der Waals surface area (Å²) >= 11 is 5.74. The van der Waals surface area contributed by atoms with Crippen molar-refractivity contribution in [2.24, 2.45) is 0 Å². The predicted molar refractivity (Wildman–Crippen MR) is 39.5 cm³/mol. The molecule has 1 heterocycles. The molecular weight excluding hydrogens is 152 g/mol. The van der Waals surface area contributed by atoms with Crippen LogP contribution in [0, 0.1) is 0 Å². The van der Waals surface area contributed by atoms with E-state index in [0.717, 1.165) is 6.54 Å². The number of halogens is 1. The summed E-state index contributed by atoms with van der Waals surface area (Å²) in [6.45, 7) is 2.76. The number of aromatic nitrogens is 2. The highest BCUT2D eigenvalue weighted by Gasteiger charge is 2.04. The van der Waals surface area contributed by atoms with Crippen LogP contribution < -0.4 is 4.74 Å². The van der Waals surface area contributed by atoms with Crippen LogP contribution in [0.5, 0.6) is 6.01 Å². The zero-order valence-electron chi connectivity index (χ0n) is 5.97. The summed E-state index contributed by atoms with van der Waals surface area (Å²) in [6, 6.07) is 0.563. The Morgan fingerprint density at radius 3 is 2.90 bits per heavy atom. The van der Waals surface area contributed by atoms with Crippen molar-refractivity contribution in [2.75, 3.05) is 7.11 Å². The van der Waals surface area contributed by atoms with Gasteiger partial charge in [0.25, 0.3) is 6.01 Å². The Morgan fingerprint density at radius 2 is 2.50 bits per heavy atom. The fraction of sp³-hybridized carbons (Fsp3) is 0.500. The van der Waals surface area contributed by atoms with Gasteiger partial charge >= 0.3 is 0 Å². The van der Waals surface area contributed by atoms with E-state index < -0.39 is 0 Å². The van der Waals surface area contributed by atoms with Gasteiger partial charge < -0.3 is 4.74 Å². The number of rotatable bonds is 2. The maximum Gasteiger partial charge on any atom is 0.297 e. The van der Waals surface area contributed by atoms with Crippen molar-refractivity contribution in [3.63, 3.8) is 0 Å². The standard InChI is InChI=1S/C6H9ClN2O/c1-3-9-5(7)4-8-6(9)10-2/h4H,3H2,1-2H3. The lowest BCUT2D eigenvalue weighted by molar-refractivity contribution is 0.359. The molecule has 0 aliphatic heterocycles. The SMILES string of the molecule is CCn1c(Cl)cnc1OC. The Kier molecular flexibility index (Phi) is 2.17. The molecule has 0 saturated heterocycles. The third kappa shape index (κ3) is 1.09. The average Bonchev–Trinajstić information content (AvgIpc) is 2.30. The highest BCUT2D eigenvalue weighted by Crippen LogP contribution is 2.16. The Balaban J connectivity index is 3.01. The van der Waals surface area contributed by atoms with E-state index in [9.17, 15) is 0 Å². The Hall–Kier alpha value is -0.700. The van der Waals surface area contributed by atoms with Gasteiger partial charge in [0.05, 0.1) is 13.3 Å². The maximum atomic E-state index is 5.74. The molecular formula is C6H9ClN2O. The lowest BCUT2D eigenvalue weighted by Gasteiger charge is -2.01. The van der Waals surface area contributed by atoms with Crippen LogP contribution in [-0.4, -0.2) is 16.7 Å². The van der Waals surface area contributed by atoms with E-state index in [1.165, 1.54) is 0 Å². The first kappa shape index (κ1) is 7.41. The molecule has 1 aromatic heterocycles. The number of methoxy groups -OCH3 is 1. The van der Waals surface area contributed by atoms with Crippen molar-refractivity contribution in [3.05, 3.63) is 11.3 Å². The van der Waals surface area contributed by atoms with Crippen molar-refractivity contribution >= 4 is 11.6 Å². The molecule has 1 aromatic rings. The molecule has 0 amide bonds. The molecule has 0 spiro atoms. The summed E-state index contributed by atoms with van der Waals surface area (Å²) in [5.41, 5.74) is 0. The second-order valence-electron chi connectivity index (χ2n) is 1.81. The van der Waals surface area contributed by atoms with E-state index in [2.05, 4.69) is 4.98 Å². The summed E-state index contributed by atoms with van der Waals surface area (Å²) in [6.07, 6.45) is 1.57. The molecule has 56 valence electrons. The molecule has 1 rings (SSSR count). The summed E-state index contributed by atoms with van der Waals surface area (Å²) in [5, 5.41) is 0.611. The summed E-state index contributed by atoms with van der Waals surface area (Å²) in [4.78, 5) is 3.91. The first-order valence-electron chi connectivity index (χ1n) is 3.04. The van der Waals surface area contributed by atoms with Gasteiger partial charge in [-0.15, -0.1) is 0 Å². The number of hydrogen-bond donors (Lipinski definition) is 0. The van der Waals surface area contributed by atoms with E-state index in [1.807, 2.05) is 6.92 Å². The number of imidazole rings is 1. The van der Waals surface area contributed by atoms with Crippen LogP contribution in [0.2, 0.25) is 5.15 Å². The van der Waals surface area contributed by atoms with Gasteiger partial charge in [-0.1, -0.05) is 11.6 Å². The Labute approximate surface area is 64.6 Å². The predicted octanol–water partition coefficient (Wildman–Crippen LogP) is 1.56. The van der Waals surface area contributed by atoms with E-state index in [1.54, 1.807) is 17.9 Å². The van der Waals surface area contributed by atoms with Gasteiger partial charge in [-0.05, 0) is 6.92 Å². The summed E-state index contributed by atoms with van der Waals surface area (Å²) in [5.74, 6) is 0. The highest BCUT2D eigenvalue weighted by molar-refractivity contribution is 6.29. The fourth-order valence-electron chi connectivity index (χ4n) is 0.788.